The molecule has 148 valence electrons. The number of rotatable bonds is 5. The Morgan fingerprint density at radius 1 is 1.07 bits per heavy atom. The van der Waals surface area contributed by atoms with E-state index in [2.05, 4.69) is 25.5 Å². The number of aromatic amines is 1. The lowest BCUT2D eigenvalue weighted by Gasteiger charge is -2.27. The van der Waals surface area contributed by atoms with E-state index in [4.69, 9.17) is 4.74 Å². The van der Waals surface area contributed by atoms with Crippen molar-refractivity contribution in [2.24, 2.45) is 0 Å². The molecule has 0 saturated heterocycles. The van der Waals surface area contributed by atoms with Gasteiger partial charge in [0.25, 0.3) is 0 Å². The number of pyridine rings is 1. The molecule has 3 N–H and O–H groups in total. The summed E-state index contributed by atoms with van der Waals surface area (Å²) < 4.78 is 7.06. The summed E-state index contributed by atoms with van der Waals surface area (Å²) >= 11 is 1.58. The van der Waals surface area contributed by atoms with Crippen LogP contribution in [0.1, 0.15) is 25.7 Å². The highest BCUT2D eigenvalue weighted by molar-refractivity contribution is 7.22. The third-order valence-electron chi connectivity index (χ3n) is 5.18. The summed E-state index contributed by atoms with van der Waals surface area (Å²) in [6.07, 6.45) is 10.8. The monoisotopic (exact) mass is 407 g/mol. The van der Waals surface area contributed by atoms with Crippen molar-refractivity contribution >= 4 is 26.7 Å². The molecule has 2 atom stereocenters. The van der Waals surface area contributed by atoms with Gasteiger partial charge in [0.05, 0.1) is 34.8 Å². The zero-order valence-corrected chi connectivity index (χ0v) is 16.5. The number of ether oxygens (including phenoxy) is 1. The first kappa shape index (κ1) is 18.1. The molecule has 29 heavy (non-hydrogen) atoms. The van der Waals surface area contributed by atoms with Crippen LogP contribution in [0.2, 0.25) is 0 Å². The van der Waals surface area contributed by atoms with Crippen LogP contribution in [0.3, 0.4) is 0 Å². The number of benzene rings is 1. The highest BCUT2D eigenvalue weighted by atomic mass is 32.1. The molecule has 0 aliphatic heterocycles. The largest absolute Gasteiger partial charge is 0.456 e. The third kappa shape index (κ3) is 3.94. The fraction of sp³-hybridized carbons (Fsp3) is 0.286. The Labute approximate surface area is 171 Å². The van der Waals surface area contributed by atoms with Gasteiger partial charge in [0.1, 0.15) is 11.5 Å². The summed E-state index contributed by atoms with van der Waals surface area (Å²) in [5.74, 6) is 1.40. The average Bonchev–Trinajstić information content (AvgIpc) is 3.39. The van der Waals surface area contributed by atoms with Crippen LogP contribution >= 0.6 is 11.3 Å². The molecule has 0 radical (unpaired) electrons. The second kappa shape index (κ2) is 7.81. The van der Waals surface area contributed by atoms with E-state index in [1.807, 2.05) is 30.5 Å². The molecule has 0 spiro atoms. The fourth-order valence-corrected chi connectivity index (χ4v) is 4.60. The molecule has 7 nitrogen and oxygen atoms in total. The SMILES string of the molecule is O[C@@H]1CCCC[C@H]1Nc1nc2ccc(Oc3cncc(-c4cn[nH]c4)c3)cc2s1. The van der Waals surface area contributed by atoms with Gasteiger partial charge in [0.15, 0.2) is 5.13 Å². The van der Waals surface area contributed by atoms with Crippen molar-refractivity contribution in [1.29, 1.82) is 0 Å². The van der Waals surface area contributed by atoms with Crippen molar-refractivity contribution < 1.29 is 9.84 Å². The molecule has 0 amide bonds. The Morgan fingerprint density at radius 3 is 2.86 bits per heavy atom. The topological polar surface area (TPSA) is 95.9 Å². The van der Waals surface area contributed by atoms with Gasteiger partial charge in [-0.15, -0.1) is 0 Å². The van der Waals surface area contributed by atoms with Crippen molar-refractivity contribution in [1.82, 2.24) is 20.2 Å². The Morgan fingerprint density at radius 2 is 2.00 bits per heavy atom. The highest BCUT2D eigenvalue weighted by Gasteiger charge is 2.23. The number of thiazole rings is 1. The molecule has 1 aliphatic carbocycles. The lowest BCUT2D eigenvalue weighted by atomic mass is 9.93. The summed E-state index contributed by atoms with van der Waals surface area (Å²) in [6.45, 7) is 0. The van der Waals surface area contributed by atoms with E-state index in [0.29, 0.717) is 5.75 Å². The maximum Gasteiger partial charge on any atom is 0.184 e. The summed E-state index contributed by atoms with van der Waals surface area (Å²) in [5.41, 5.74) is 2.81. The number of aromatic nitrogens is 4. The number of H-pyrrole nitrogens is 1. The summed E-state index contributed by atoms with van der Waals surface area (Å²) in [6, 6.07) is 7.87. The van der Waals surface area contributed by atoms with Crippen molar-refractivity contribution in [3.63, 3.8) is 0 Å². The van der Waals surface area contributed by atoms with Gasteiger partial charge >= 0.3 is 0 Å². The number of aliphatic hydroxyl groups excluding tert-OH is 1. The van der Waals surface area contributed by atoms with Gasteiger partial charge in [-0.3, -0.25) is 10.1 Å². The Balaban J connectivity index is 1.34. The minimum Gasteiger partial charge on any atom is -0.456 e. The van der Waals surface area contributed by atoms with Crippen molar-refractivity contribution in [3.05, 3.63) is 49.1 Å². The van der Waals surface area contributed by atoms with Gasteiger partial charge in [-0.2, -0.15) is 5.10 Å². The molecule has 3 heterocycles. The number of hydrogen-bond donors (Lipinski definition) is 3. The van der Waals surface area contributed by atoms with Gasteiger partial charge in [0.2, 0.25) is 0 Å². The molecular formula is C21H21N5O2S. The minimum atomic E-state index is -0.301. The molecule has 1 fully saturated rings. The molecule has 0 unspecified atom stereocenters. The summed E-state index contributed by atoms with van der Waals surface area (Å²) in [5, 5.41) is 21.2. The fourth-order valence-electron chi connectivity index (χ4n) is 3.65. The average molecular weight is 407 g/mol. The number of fused-ring (bicyclic) bond motifs is 1. The van der Waals surface area contributed by atoms with Crippen LogP contribution in [0, 0.1) is 0 Å². The van der Waals surface area contributed by atoms with E-state index in [-0.39, 0.29) is 12.1 Å². The molecule has 4 aromatic rings. The van der Waals surface area contributed by atoms with E-state index < -0.39 is 0 Å². The van der Waals surface area contributed by atoms with Crippen molar-refractivity contribution in [2.45, 2.75) is 37.8 Å². The van der Waals surface area contributed by atoms with Crippen molar-refractivity contribution in [3.8, 4) is 22.6 Å². The Hall–Kier alpha value is -2.97. The van der Waals surface area contributed by atoms with E-state index in [0.717, 1.165) is 57.9 Å². The first-order chi connectivity index (χ1) is 14.2. The van der Waals surface area contributed by atoms with Crippen LogP contribution in [0.15, 0.2) is 49.1 Å². The van der Waals surface area contributed by atoms with Gasteiger partial charge in [0, 0.05) is 29.6 Å². The van der Waals surface area contributed by atoms with Gasteiger partial charge in [-0.25, -0.2) is 4.98 Å². The third-order valence-corrected chi connectivity index (χ3v) is 6.13. The zero-order valence-electron chi connectivity index (χ0n) is 15.7. The predicted octanol–water partition coefficient (Wildman–Crippen LogP) is 4.59. The zero-order chi connectivity index (χ0) is 19.6. The smallest absolute Gasteiger partial charge is 0.184 e. The van der Waals surface area contributed by atoms with Crippen LogP contribution in [0.5, 0.6) is 11.5 Å². The molecule has 1 aliphatic rings. The second-order valence-electron chi connectivity index (χ2n) is 7.25. The molecule has 3 aromatic heterocycles. The first-order valence-electron chi connectivity index (χ1n) is 9.72. The number of hydrogen-bond acceptors (Lipinski definition) is 7. The number of nitrogens with zero attached hydrogens (tertiary/aromatic N) is 3. The number of aliphatic hydroxyl groups is 1. The predicted molar refractivity (Wildman–Crippen MR) is 113 cm³/mol. The second-order valence-corrected chi connectivity index (χ2v) is 8.28. The maximum atomic E-state index is 10.2. The molecular weight excluding hydrogens is 386 g/mol. The Bertz CT molecular complexity index is 1110. The lowest BCUT2D eigenvalue weighted by molar-refractivity contribution is 0.116. The van der Waals surface area contributed by atoms with E-state index in [1.54, 1.807) is 29.9 Å². The van der Waals surface area contributed by atoms with Crippen LogP contribution in [-0.4, -0.2) is 37.4 Å². The number of nitrogens with one attached hydrogen (secondary N) is 2. The minimum absolute atomic E-state index is 0.0803. The van der Waals surface area contributed by atoms with Gasteiger partial charge in [-0.05, 0) is 31.0 Å². The maximum absolute atomic E-state index is 10.2. The summed E-state index contributed by atoms with van der Waals surface area (Å²) in [4.78, 5) is 8.92. The van der Waals surface area contributed by atoms with E-state index >= 15 is 0 Å². The first-order valence-corrected chi connectivity index (χ1v) is 10.5. The number of anilines is 1. The van der Waals surface area contributed by atoms with E-state index in [9.17, 15) is 5.11 Å². The van der Waals surface area contributed by atoms with Crippen LogP contribution in [0.4, 0.5) is 5.13 Å². The standard InChI is InChI=1S/C21H21N5O2S/c27-19-4-2-1-3-17(19)25-21-26-18-6-5-15(8-20(18)29-21)28-16-7-13(9-22-12-16)14-10-23-24-11-14/h5-12,17,19,27H,1-4H2,(H,23,24)(H,25,26)/t17-,19-/m1/s1. The molecule has 5 rings (SSSR count). The quantitative estimate of drug-likeness (QED) is 0.448. The van der Waals surface area contributed by atoms with Crippen LogP contribution in [0.25, 0.3) is 21.3 Å². The van der Waals surface area contributed by atoms with Crippen molar-refractivity contribution in [2.75, 3.05) is 5.32 Å². The normalized spacial score (nSPS) is 19.3. The van der Waals surface area contributed by atoms with Gasteiger partial charge in [-0.1, -0.05) is 24.2 Å². The Kier molecular flexibility index (Phi) is 4.87. The molecule has 1 aromatic carbocycles. The molecule has 0 bridgehead atoms. The van der Waals surface area contributed by atoms with Crippen LogP contribution < -0.4 is 10.1 Å². The van der Waals surface area contributed by atoms with E-state index in [1.165, 1.54) is 0 Å². The summed E-state index contributed by atoms with van der Waals surface area (Å²) in [7, 11) is 0. The molecule has 8 heteroatoms. The highest BCUT2D eigenvalue weighted by Crippen LogP contribution is 2.33. The lowest BCUT2D eigenvalue weighted by Crippen LogP contribution is -2.36. The molecule has 1 saturated carbocycles. The van der Waals surface area contributed by atoms with Gasteiger partial charge < -0.3 is 15.2 Å². The van der Waals surface area contributed by atoms with Crippen LogP contribution in [-0.2, 0) is 0 Å².